The molecule has 0 heterocycles. The van der Waals surface area contributed by atoms with Gasteiger partial charge < -0.3 is 15.3 Å². The predicted molar refractivity (Wildman–Crippen MR) is 79.2 cm³/mol. The van der Waals surface area contributed by atoms with Gasteiger partial charge in [-0.25, -0.2) is 4.79 Å². The van der Waals surface area contributed by atoms with Gasteiger partial charge in [0.2, 0.25) is 0 Å². The van der Waals surface area contributed by atoms with Gasteiger partial charge >= 0.3 is 12.0 Å². The topological polar surface area (TPSA) is 69.6 Å². The van der Waals surface area contributed by atoms with Gasteiger partial charge in [0.05, 0.1) is 0 Å². The molecule has 1 aliphatic rings. The Bertz CT molecular complexity index is 503. The third-order valence-corrected chi connectivity index (χ3v) is 3.84. The number of benzene rings is 1. The zero-order valence-electron chi connectivity index (χ0n) is 11.3. The summed E-state index contributed by atoms with van der Waals surface area (Å²) >= 11 is 1.59. The number of rotatable bonds is 6. The van der Waals surface area contributed by atoms with E-state index in [2.05, 4.69) is 5.32 Å². The van der Waals surface area contributed by atoms with Crippen LogP contribution in [0.3, 0.4) is 0 Å². The Morgan fingerprint density at radius 2 is 2.20 bits per heavy atom. The lowest BCUT2D eigenvalue weighted by molar-refractivity contribution is -0.137. The van der Waals surface area contributed by atoms with E-state index in [9.17, 15) is 9.59 Å². The molecule has 1 saturated carbocycles. The first-order valence-corrected chi connectivity index (χ1v) is 7.72. The van der Waals surface area contributed by atoms with Crippen molar-refractivity contribution in [2.24, 2.45) is 5.92 Å². The quantitative estimate of drug-likeness (QED) is 0.792. The maximum absolute atomic E-state index is 12.2. The van der Waals surface area contributed by atoms with Crippen LogP contribution in [0.15, 0.2) is 29.2 Å². The summed E-state index contributed by atoms with van der Waals surface area (Å²) in [4.78, 5) is 25.4. The summed E-state index contributed by atoms with van der Waals surface area (Å²) in [5, 5.41) is 11.7. The number of carboxylic acids is 1. The minimum atomic E-state index is -0.987. The van der Waals surface area contributed by atoms with Crippen LogP contribution in [0.2, 0.25) is 0 Å². The summed E-state index contributed by atoms with van der Waals surface area (Å²) in [6.07, 6.45) is 4.11. The Kier molecular flexibility index (Phi) is 4.89. The number of hydrogen-bond acceptors (Lipinski definition) is 3. The smallest absolute Gasteiger partial charge is 0.323 e. The average Bonchev–Trinajstić information content (AvgIpc) is 3.21. The molecule has 1 fully saturated rings. The van der Waals surface area contributed by atoms with Gasteiger partial charge in [0.1, 0.15) is 6.54 Å². The molecule has 2 N–H and O–H groups in total. The van der Waals surface area contributed by atoms with Crippen LogP contribution in [0.4, 0.5) is 10.5 Å². The van der Waals surface area contributed by atoms with Crippen molar-refractivity contribution in [2.45, 2.75) is 17.7 Å². The Balaban J connectivity index is 2.00. The van der Waals surface area contributed by atoms with Gasteiger partial charge in [-0.2, -0.15) is 0 Å². The molecule has 0 radical (unpaired) electrons. The number of nitrogens with zero attached hydrogens (tertiary/aromatic N) is 1. The molecule has 0 unspecified atom stereocenters. The second kappa shape index (κ2) is 6.65. The largest absolute Gasteiger partial charge is 0.480 e. The summed E-state index contributed by atoms with van der Waals surface area (Å²) in [5.41, 5.74) is 0.688. The van der Waals surface area contributed by atoms with E-state index in [1.54, 1.807) is 17.8 Å². The predicted octanol–water partition coefficient (Wildman–Crippen LogP) is 2.74. The summed E-state index contributed by atoms with van der Waals surface area (Å²) in [5.74, 6) is -0.531. The Morgan fingerprint density at radius 1 is 1.45 bits per heavy atom. The fraction of sp³-hybridized carbons (Fsp3) is 0.429. The van der Waals surface area contributed by atoms with E-state index in [-0.39, 0.29) is 12.6 Å². The molecule has 0 aliphatic heterocycles. The number of hydrogen-bond donors (Lipinski definition) is 2. The number of amides is 2. The van der Waals surface area contributed by atoms with Crippen molar-refractivity contribution in [3.05, 3.63) is 24.3 Å². The number of nitrogens with one attached hydrogen (secondary N) is 1. The molecule has 0 bridgehead atoms. The van der Waals surface area contributed by atoms with Crippen LogP contribution in [0, 0.1) is 5.92 Å². The fourth-order valence-electron chi connectivity index (χ4n) is 1.90. The van der Waals surface area contributed by atoms with Crippen molar-refractivity contribution in [3.8, 4) is 0 Å². The maximum Gasteiger partial charge on any atom is 0.323 e. The first kappa shape index (κ1) is 14.7. The second-order valence-corrected chi connectivity index (χ2v) is 5.76. The first-order valence-electron chi connectivity index (χ1n) is 6.50. The maximum atomic E-state index is 12.2. The third kappa shape index (κ3) is 4.45. The Labute approximate surface area is 122 Å². The lowest BCUT2D eigenvalue weighted by Crippen LogP contribution is -2.40. The molecular weight excluding hydrogens is 276 g/mol. The number of carboxylic acid groups (broad SMARTS) is 1. The molecule has 6 heteroatoms. The number of thioether (sulfide) groups is 1. The lowest BCUT2D eigenvalue weighted by atomic mass is 10.3. The molecule has 1 aromatic carbocycles. The van der Waals surface area contributed by atoms with Crippen molar-refractivity contribution in [1.29, 1.82) is 0 Å². The molecule has 5 nitrogen and oxygen atoms in total. The van der Waals surface area contributed by atoms with Crippen LogP contribution in [0.25, 0.3) is 0 Å². The highest BCUT2D eigenvalue weighted by atomic mass is 32.2. The number of urea groups is 1. The van der Waals surface area contributed by atoms with Crippen LogP contribution >= 0.6 is 11.8 Å². The van der Waals surface area contributed by atoms with Gasteiger partial charge in [0, 0.05) is 17.1 Å². The highest BCUT2D eigenvalue weighted by Gasteiger charge is 2.28. The average molecular weight is 294 g/mol. The van der Waals surface area contributed by atoms with Gasteiger partial charge in [-0.15, -0.1) is 11.8 Å². The van der Waals surface area contributed by atoms with E-state index in [4.69, 9.17) is 5.11 Å². The minimum absolute atomic E-state index is 0.259. The van der Waals surface area contributed by atoms with E-state index in [0.717, 1.165) is 17.7 Å². The van der Waals surface area contributed by atoms with Gasteiger partial charge in [0.15, 0.2) is 0 Å². The van der Waals surface area contributed by atoms with Crippen molar-refractivity contribution in [1.82, 2.24) is 4.90 Å². The molecule has 0 aromatic heterocycles. The van der Waals surface area contributed by atoms with Crippen molar-refractivity contribution < 1.29 is 14.7 Å². The molecular formula is C14H18N2O3S. The van der Waals surface area contributed by atoms with Crippen LogP contribution in [0.5, 0.6) is 0 Å². The standard InChI is InChI=1S/C14H18N2O3S/c1-20-12-4-2-3-11(7-12)15-14(19)16(9-13(17)18)8-10-5-6-10/h2-4,7,10H,5-6,8-9H2,1H3,(H,15,19)(H,17,18). The van der Waals surface area contributed by atoms with Crippen molar-refractivity contribution in [3.63, 3.8) is 0 Å². The summed E-state index contributed by atoms with van der Waals surface area (Å²) in [6, 6.07) is 7.15. The summed E-state index contributed by atoms with van der Waals surface area (Å²) in [7, 11) is 0. The zero-order chi connectivity index (χ0) is 14.5. The first-order chi connectivity index (χ1) is 9.58. The highest BCUT2D eigenvalue weighted by molar-refractivity contribution is 7.98. The Hall–Kier alpha value is -1.69. The normalized spacial score (nSPS) is 13.8. The van der Waals surface area contributed by atoms with Crippen molar-refractivity contribution >= 4 is 29.4 Å². The van der Waals surface area contributed by atoms with Crippen LogP contribution in [-0.2, 0) is 4.79 Å². The Morgan fingerprint density at radius 3 is 2.80 bits per heavy atom. The van der Waals surface area contributed by atoms with E-state index in [0.29, 0.717) is 18.2 Å². The molecule has 2 rings (SSSR count). The lowest BCUT2D eigenvalue weighted by Gasteiger charge is -2.21. The fourth-order valence-corrected chi connectivity index (χ4v) is 2.36. The molecule has 2 amide bonds. The molecule has 0 saturated heterocycles. The molecule has 20 heavy (non-hydrogen) atoms. The van der Waals surface area contributed by atoms with E-state index in [1.807, 2.05) is 24.5 Å². The van der Waals surface area contributed by atoms with Gasteiger partial charge in [-0.1, -0.05) is 6.07 Å². The second-order valence-electron chi connectivity index (χ2n) is 4.88. The minimum Gasteiger partial charge on any atom is -0.480 e. The number of carbonyl (C=O) groups excluding carboxylic acids is 1. The zero-order valence-corrected chi connectivity index (χ0v) is 12.2. The van der Waals surface area contributed by atoms with E-state index >= 15 is 0 Å². The van der Waals surface area contributed by atoms with Crippen molar-refractivity contribution in [2.75, 3.05) is 24.7 Å². The molecule has 1 aliphatic carbocycles. The van der Waals surface area contributed by atoms with Crippen LogP contribution in [0.1, 0.15) is 12.8 Å². The molecule has 108 valence electrons. The number of carbonyl (C=O) groups is 2. The van der Waals surface area contributed by atoms with Gasteiger partial charge in [0.25, 0.3) is 0 Å². The van der Waals surface area contributed by atoms with Crippen LogP contribution in [-0.4, -0.2) is 41.4 Å². The highest BCUT2D eigenvalue weighted by Crippen LogP contribution is 2.30. The van der Waals surface area contributed by atoms with Crippen LogP contribution < -0.4 is 5.32 Å². The third-order valence-electron chi connectivity index (χ3n) is 3.11. The summed E-state index contributed by atoms with van der Waals surface area (Å²) in [6.45, 7) is 0.255. The van der Waals surface area contributed by atoms with Gasteiger partial charge in [-0.05, 0) is 43.2 Å². The number of aliphatic carboxylic acids is 1. The summed E-state index contributed by atoms with van der Waals surface area (Å²) < 4.78 is 0. The van der Waals surface area contributed by atoms with Gasteiger partial charge in [-0.3, -0.25) is 4.79 Å². The molecule has 1 aromatic rings. The van der Waals surface area contributed by atoms with E-state index < -0.39 is 5.97 Å². The number of anilines is 1. The SMILES string of the molecule is CSc1cccc(NC(=O)N(CC(=O)O)CC2CC2)c1. The monoisotopic (exact) mass is 294 g/mol. The van der Waals surface area contributed by atoms with E-state index in [1.165, 1.54) is 4.90 Å². The molecule has 0 atom stereocenters. The molecule has 0 spiro atoms.